The summed E-state index contributed by atoms with van der Waals surface area (Å²) < 4.78 is 5.41. The molecule has 1 saturated heterocycles. The molecule has 1 aromatic rings. The SMILES string of the molecule is CC(O)(c1cccc(C2CCC2)c1)C1CCOC1. The molecule has 2 heteroatoms. The van der Waals surface area contributed by atoms with E-state index in [1.807, 2.05) is 6.92 Å². The van der Waals surface area contributed by atoms with E-state index >= 15 is 0 Å². The van der Waals surface area contributed by atoms with Crippen LogP contribution in [0.25, 0.3) is 0 Å². The predicted octanol–water partition coefficient (Wildman–Crippen LogP) is 3.20. The van der Waals surface area contributed by atoms with E-state index in [4.69, 9.17) is 4.74 Å². The maximum Gasteiger partial charge on any atom is 0.0919 e. The molecule has 0 spiro atoms. The van der Waals surface area contributed by atoms with Gasteiger partial charge in [-0.15, -0.1) is 0 Å². The fraction of sp³-hybridized carbons (Fsp3) is 0.625. The average Bonchev–Trinajstić information content (AvgIpc) is 2.81. The average molecular weight is 246 g/mol. The fourth-order valence-corrected chi connectivity index (χ4v) is 3.06. The highest BCUT2D eigenvalue weighted by molar-refractivity contribution is 5.31. The number of rotatable bonds is 3. The van der Waals surface area contributed by atoms with Crippen LogP contribution in [-0.2, 0) is 10.3 Å². The van der Waals surface area contributed by atoms with Crippen LogP contribution >= 0.6 is 0 Å². The molecule has 1 aliphatic heterocycles. The lowest BCUT2D eigenvalue weighted by Crippen LogP contribution is -2.32. The molecular formula is C16H22O2. The van der Waals surface area contributed by atoms with Crippen LogP contribution < -0.4 is 0 Å². The second-order valence-corrected chi connectivity index (χ2v) is 5.96. The van der Waals surface area contributed by atoms with Crippen molar-refractivity contribution in [2.75, 3.05) is 13.2 Å². The Bertz CT molecular complexity index is 415. The Balaban J connectivity index is 1.85. The van der Waals surface area contributed by atoms with Gasteiger partial charge in [-0.2, -0.15) is 0 Å². The Morgan fingerprint density at radius 3 is 2.72 bits per heavy atom. The van der Waals surface area contributed by atoms with Gasteiger partial charge < -0.3 is 9.84 Å². The van der Waals surface area contributed by atoms with Crippen LogP contribution in [0.2, 0.25) is 0 Å². The molecule has 2 unspecified atom stereocenters. The second-order valence-electron chi connectivity index (χ2n) is 5.96. The van der Waals surface area contributed by atoms with Crippen molar-refractivity contribution >= 4 is 0 Å². The van der Waals surface area contributed by atoms with E-state index in [9.17, 15) is 5.11 Å². The standard InChI is InChI=1S/C16H22O2/c1-16(17,15-8-9-18-11-15)14-7-3-6-13(10-14)12-4-2-5-12/h3,6-7,10,12,15,17H,2,4-5,8-9,11H2,1H3. The molecule has 2 aliphatic rings. The molecule has 1 N–H and O–H groups in total. The van der Waals surface area contributed by atoms with Crippen molar-refractivity contribution in [1.82, 2.24) is 0 Å². The third-order valence-corrected chi connectivity index (χ3v) is 4.77. The van der Waals surface area contributed by atoms with Crippen molar-refractivity contribution < 1.29 is 9.84 Å². The van der Waals surface area contributed by atoms with Crippen molar-refractivity contribution in [3.05, 3.63) is 35.4 Å². The van der Waals surface area contributed by atoms with Crippen LogP contribution in [0.15, 0.2) is 24.3 Å². The molecule has 0 bridgehead atoms. The van der Waals surface area contributed by atoms with E-state index < -0.39 is 5.60 Å². The van der Waals surface area contributed by atoms with Gasteiger partial charge in [-0.25, -0.2) is 0 Å². The second kappa shape index (κ2) is 4.67. The summed E-state index contributed by atoms with van der Waals surface area (Å²) >= 11 is 0. The lowest BCUT2D eigenvalue weighted by atomic mass is 9.77. The van der Waals surface area contributed by atoms with Gasteiger partial charge in [0.2, 0.25) is 0 Å². The van der Waals surface area contributed by atoms with Crippen LogP contribution in [0.3, 0.4) is 0 Å². The lowest BCUT2D eigenvalue weighted by molar-refractivity contribution is -0.00981. The Hall–Kier alpha value is -0.860. The molecule has 18 heavy (non-hydrogen) atoms. The quantitative estimate of drug-likeness (QED) is 0.887. The summed E-state index contributed by atoms with van der Waals surface area (Å²) in [5.41, 5.74) is 1.70. The Morgan fingerprint density at radius 2 is 2.11 bits per heavy atom. The Morgan fingerprint density at radius 1 is 1.28 bits per heavy atom. The molecule has 1 aromatic carbocycles. The zero-order valence-electron chi connectivity index (χ0n) is 11.1. The maximum absolute atomic E-state index is 10.8. The van der Waals surface area contributed by atoms with Gasteiger partial charge in [0.15, 0.2) is 0 Å². The van der Waals surface area contributed by atoms with Crippen LogP contribution in [0.4, 0.5) is 0 Å². The van der Waals surface area contributed by atoms with E-state index in [1.54, 1.807) is 0 Å². The van der Waals surface area contributed by atoms with Gasteiger partial charge in [0.25, 0.3) is 0 Å². The number of hydrogen-bond donors (Lipinski definition) is 1. The van der Waals surface area contributed by atoms with Gasteiger partial charge in [-0.05, 0) is 43.2 Å². The minimum atomic E-state index is -0.754. The summed E-state index contributed by atoms with van der Waals surface area (Å²) in [6, 6.07) is 8.56. The monoisotopic (exact) mass is 246 g/mol. The maximum atomic E-state index is 10.8. The van der Waals surface area contributed by atoms with Gasteiger partial charge in [-0.3, -0.25) is 0 Å². The predicted molar refractivity (Wildman–Crippen MR) is 71.5 cm³/mol. The first-order valence-electron chi connectivity index (χ1n) is 7.08. The third kappa shape index (κ3) is 2.08. The number of ether oxygens (including phenoxy) is 1. The molecule has 1 aliphatic carbocycles. The topological polar surface area (TPSA) is 29.5 Å². The Labute approximate surface area is 109 Å². The summed E-state index contributed by atoms with van der Waals surface area (Å²) in [6.45, 7) is 3.40. The molecule has 3 rings (SSSR count). The highest BCUT2D eigenvalue weighted by atomic mass is 16.5. The van der Waals surface area contributed by atoms with Crippen LogP contribution in [-0.4, -0.2) is 18.3 Å². The molecule has 1 saturated carbocycles. The van der Waals surface area contributed by atoms with Crippen molar-refractivity contribution in [1.29, 1.82) is 0 Å². The van der Waals surface area contributed by atoms with E-state index in [-0.39, 0.29) is 5.92 Å². The molecule has 0 radical (unpaired) electrons. The smallest absolute Gasteiger partial charge is 0.0919 e. The largest absolute Gasteiger partial charge is 0.385 e. The number of benzene rings is 1. The zero-order valence-corrected chi connectivity index (χ0v) is 11.1. The summed E-state index contributed by atoms with van der Waals surface area (Å²) in [5.74, 6) is 0.953. The zero-order chi connectivity index (χ0) is 12.6. The van der Waals surface area contributed by atoms with Gasteiger partial charge in [0.05, 0.1) is 12.2 Å². The molecule has 0 aromatic heterocycles. The van der Waals surface area contributed by atoms with Crippen LogP contribution in [0, 0.1) is 5.92 Å². The normalized spacial score (nSPS) is 27.8. The molecule has 0 amide bonds. The first kappa shape index (κ1) is 12.2. The highest BCUT2D eigenvalue weighted by Crippen LogP contribution is 2.39. The minimum absolute atomic E-state index is 0.231. The summed E-state index contributed by atoms with van der Waals surface area (Å²) in [6.07, 6.45) is 4.92. The van der Waals surface area contributed by atoms with Crippen molar-refractivity contribution in [2.24, 2.45) is 5.92 Å². The minimum Gasteiger partial charge on any atom is -0.385 e. The molecule has 1 heterocycles. The summed E-state index contributed by atoms with van der Waals surface area (Å²) in [4.78, 5) is 0. The van der Waals surface area contributed by atoms with Gasteiger partial charge in [0, 0.05) is 12.5 Å². The molecule has 2 fully saturated rings. The van der Waals surface area contributed by atoms with E-state index in [0.29, 0.717) is 6.61 Å². The Kier molecular flexibility index (Phi) is 3.16. The van der Waals surface area contributed by atoms with Crippen LogP contribution in [0.1, 0.15) is 49.7 Å². The molecular weight excluding hydrogens is 224 g/mol. The van der Waals surface area contributed by atoms with Gasteiger partial charge in [0.1, 0.15) is 0 Å². The first-order valence-corrected chi connectivity index (χ1v) is 7.08. The summed E-state index contributed by atoms with van der Waals surface area (Å²) in [5, 5.41) is 10.8. The van der Waals surface area contributed by atoms with E-state index in [0.717, 1.165) is 24.5 Å². The summed E-state index contributed by atoms with van der Waals surface area (Å²) in [7, 11) is 0. The fourth-order valence-electron chi connectivity index (χ4n) is 3.06. The van der Waals surface area contributed by atoms with Gasteiger partial charge in [-0.1, -0.05) is 30.7 Å². The van der Waals surface area contributed by atoms with Crippen LogP contribution in [0.5, 0.6) is 0 Å². The first-order chi connectivity index (χ1) is 8.68. The van der Waals surface area contributed by atoms with Crippen molar-refractivity contribution in [3.8, 4) is 0 Å². The number of hydrogen-bond acceptors (Lipinski definition) is 2. The highest BCUT2D eigenvalue weighted by Gasteiger charge is 2.36. The molecule has 2 atom stereocenters. The van der Waals surface area contributed by atoms with E-state index in [2.05, 4.69) is 24.3 Å². The third-order valence-electron chi connectivity index (χ3n) is 4.77. The van der Waals surface area contributed by atoms with Crippen molar-refractivity contribution in [3.63, 3.8) is 0 Å². The molecule has 2 nitrogen and oxygen atoms in total. The number of aliphatic hydroxyl groups is 1. The lowest BCUT2D eigenvalue weighted by Gasteiger charge is -2.32. The molecule has 98 valence electrons. The van der Waals surface area contributed by atoms with Gasteiger partial charge >= 0.3 is 0 Å². The van der Waals surface area contributed by atoms with Crippen molar-refractivity contribution in [2.45, 2.75) is 44.1 Å². The van der Waals surface area contributed by atoms with E-state index in [1.165, 1.54) is 24.8 Å².